The number of carbonyl (C=O) groups excluding carboxylic acids is 1. The van der Waals surface area contributed by atoms with Gasteiger partial charge in [-0.15, -0.1) is 0 Å². The van der Waals surface area contributed by atoms with E-state index in [1.165, 1.54) is 12.8 Å². The van der Waals surface area contributed by atoms with Crippen LogP contribution < -0.4 is 5.73 Å². The quantitative estimate of drug-likeness (QED) is 0.793. The lowest BCUT2D eigenvalue weighted by Gasteiger charge is -2.43. The zero-order chi connectivity index (χ0) is 12.4. The molecule has 1 aliphatic carbocycles. The predicted octanol–water partition coefficient (Wildman–Crippen LogP) is 0.855. The summed E-state index contributed by atoms with van der Waals surface area (Å²) < 4.78 is 5.32. The average Bonchev–Trinajstić information content (AvgIpc) is 2.22. The summed E-state index contributed by atoms with van der Waals surface area (Å²) in [6.07, 6.45) is 2.61. The van der Waals surface area contributed by atoms with Gasteiger partial charge < -0.3 is 10.5 Å². The maximum Gasteiger partial charge on any atom is 0.237 e. The summed E-state index contributed by atoms with van der Waals surface area (Å²) in [7, 11) is 0. The summed E-state index contributed by atoms with van der Waals surface area (Å²) in [5, 5.41) is 0. The molecule has 1 aliphatic heterocycles. The number of carbonyl (C=O) groups is 1. The fourth-order valence-electron chi connectivity index (χ4n) is 2.93. The number of hydrogen-bond donors (Lipinski definition) is 1. The lowest BCUT2D eigenvalue weighted by molar-refractivity contribution is -0.130. The molecule has 1 saturated carbocycles. The highest BCUT2D eigenvalue weighted by molar-refractivity contribution is 5.80. The molecule has 4 heteroatoms. The Bertz CT molecular complexity index is 275. The third-order valence-corrected chi connectivity index (χ3v) is 4.28. The Morgan fingerprint density at radius 1 is 1.47 bits per heavy atom. The van der Waals surface area contributed by atoms with Gasteiger partial charge in [-0.1, -0.05) is 13.8 Å². The lowest BCUT2D eigenvalue weighted by atomic mass is 9.69. The summed E-state index contributed by atoms with van der Waals surface area (Å²) in [5.41, 5.74) is 5.41. The van der Waals surface area contributed by atoms with Crippen LogP contribution in [0.15, 0.2) is 0 Å². The SMILES string of the molecule is CC(C)[C@H]1C[C@@H](CN2CCOC[C@H]2C(N)=O)C1. The van der Waals surface area contributed by atoms with Gasteiger partial charge in [-0.3, -0.25) is 9.69 Å². The van der Waals surface area contributed by atoms with E-state index >= 15 is 0 Å². The van der Waals surface area contributed by atoms with Crippen LogP contribution in [0.3, 0.4) is 0 Å². The largest absolute Gasteiger partial charge is 0.378 e. The van der Waals surface area contributed by atoms with Crippen LogP contribution in [0.4, 0.5) is 0 Å². The molecule has 0 bridgehead atoms. The highest BCUT2D eigenvalue weighted by atomic mass is 16.5. The number of morpholine rings is 1. The van der Waals surface area contributed by atoms with E-state index in [2.05, 4.69) is 18.7 Å². The van der Waals surface area contributed by atoms with Gasteiger partial charge >= 0.3 is 0 Å². The molecule has 0 aromatic rings. The zero-order valence-electron chi connectivity index (χ0n) is 10.9. The Labute approximate surface area is 103 Å². The van der Waals surface area contributed by atoms with E-state index < -0.39 is 0 Å². The highest BCUT2D eigenvalue weighted by Gasteiger charge is 2.35. The Morgan fingerprint density at radius 2 is 2.18 bits per heavy atom. The van der Waals surface area contributed by atoms with Crippen LogP contribution in [0.1, 0.15) is 26.7 Å². The molecule has 0 aromatic carbocycles. The zero-order valence-corrected chi connectivity index (χ0v) is 10.9. The van der Waals surface area contributed by atoms with Crippen LogP contribution in [0.2, 0.25) is 0 Å². The summed E-state index contributed by atoms with van der Waals surface area (Å²) in [4.78, 5) is 13.5. The van der Waals surface area contributed by atoms with Gasteiger partial charge in [-0.05, 0) is 30.6 Å². The van der Waals surface area contributed by atoms with Crippen molar-refractivity contribution in [3.63, 3.8) is 0 Å². The van der Waals surface area contributed by atoms with E-state index in [-0.39, 0.29) is 11.9 Å². The summed E-state index contributed by atoms with van der Waals surface area (Å²) in [6.45, 7) is 7.64. The van der Waals surface area contributed by atoms with E-state index in [1.54, 1.807) is 0 Å². The number of primary amides is 1. The molecule has 0 unspecified atom stereocenters. The first-order valence-corrected chi connectivity index (χ1v) is 6.69. The minimum absolute atomic E-state index is 0.207. The molecular formula is C13H24N2O2. The maximum absolute atomic E-state index is 11.3. The summed E-state index contributed by atoms with van der Waals surface area (Å²) in [6, 6.07) is -0.207. The van der Waals surface area contributed by atoms with E-state index in [0.717, 1.165) is 37.5 Å². The van der Waals surface area contributed by atoms with Crippen molar-refractivity contribution in [1.82, 2.24) is 4.90 Å². The second-order valence-corrected chi connectivity index (χ2v) is 5.83. The van der Waals surface area contributed by atoms with Gasteiger partial charge in [-0.25, -0.2) is 0 Å². The van der Waals surface area contributed by atoms with Crippen molar-refractivity contribution in [2.45, 2.75) is 32.7 Å². The van der Waals surface area contributed by atoms with E-state index in [0.29, 0.717) is 6.61 Å². The standard InChI is InChI=1S/C13H24N2O2/c1-9(2)11-5-10(6-11)7-15-3-4-17-8-12(15)13(14)16/h9-12H,3-8H2,1-2H3,(H2,14,16)/t10-,11+,12-/m0/s1. The van der Waals surface area contributed by atoms with Gasteiger partial charge in [0, 0.05) is 13.1 Å². The fourth-order valence-corrected chi connectivity index (χ4v) is 2.93. The lowest BCUT2D eigenvalue weighted by Crippen LogP contribution is -2.54. The van der Waals surface area contributed by atoms with Crippen molar-refractivity contribution < 1.29 is 9.53 Å². The fraction of sp³-hybridized carbons (Fsp3) is 0.923. The minimum atomic E-state index is -0.246. The van der Waals surface area contributed by atoms with Crippen molar-refractivity contribution >= 4 is 5.91 Å². The molecule has 1 amide bonds. The first-order chi connectivity index (χ1) is 8.08. The third kappa shape index (κ3) is 2.99. The van der Waals surface area contributed by atoms with E-state index in [1.807, 2.05) is 0 Å². The van der Waals surface area contributed by atoms with Crippen molar-refractivity contribution in [2.24, 2.45) is 23.5 Å². The molecule has 1 heterocycles. The molecule has 2 fully saturated rings. The van der Waals surface area contributed by atoms with Gasteiger partial charge in [-0.2, -0.15) is 0 Å². The molecule has 0 radical (unpaired) electrons. The molecule has 1 saturated heterocycles. The number of nitrogens with two attached hydrogens (primary N) is 1. The van der Waals surface area contributed by atoms with Gasteiger partial charge in [0.2, 0.25) is 5.91 Å². The number of amides is 1. The Hall–Kier alpha value is -0.610. The van der Waals surface area contributed by atoms with Gasteiger partial charge in [0.1, 0.15) is 6.04 Å². The predicted molar refractivity (Wildman–Crippen MR) is 66.4 cm³/mol. The average molecular weight is 240 g/mol. The number of hydrogen-bond acceptors (Lipinski definition) is 3. The maximum atomic E-state index is 11.3. The highest BCUT2D eigenvalue weighted by Crippen LogP contribution is 2.39. The minimum Gasteiger partial charge on any atom is -0.378 e. The first-order valence-electron chi connectivity index (χ1n) is 6.69. The Morgan fingerprint density at radius 3 is 2.76 bits per heavy atom. The van der Waals surface area contributed by atoms with Crippen LogP contribution in [0.25, 0.3) is 0 Å². The second kappa shape index (κ2) is 5.36. The molecule has 2 aliphatic rings. The molecule has 2 N–H and O–H groups in total. The number of rotatable bonds is 4. The third-order valence-electron chi connectivity index (χ3n) is 4.28. The first kappa shape index (κ1) is 12.8. The topological polar surface area (TPSA) is 55.6 Å². The van der Waals surface area contributed by atoms with Crippen LogP contribution in [0, 0.1) is 17.8 Å². The normalized spacial score (nSPS) is 34.6. The number of ether oxygens (including phenoxy) is 1. The summed E-state index contributed by atoms with van der Waals surface area (Å²) in [5.74, 6) is 2.18. The van der Waals surface area contributed by atoms with Crippen molar-refractivity contribution in [2.75, 3.05) is 26.3 Å². The molecular weight excluding hydrogens is 216 g/mol. The Kier molecular flexibility index (Phi) is 4.05. The second-order valence-electron chi connectivity index (χ2n) is 5.83. The van der Waals surface area contributed by atoms with Crippen LogP contribution >= 0.6 is 0 Å². The van der Waals surface area contributed by atoms with Crippen molar-refractivity contribution in [3.8, 4) is 0 Å². The number of nitrogens with zero attached hydrogens (tertiary/aromatic N) is 1. The van der Waals surface area contributed by atoms with Crippen LogP contribution in [-0.4, -0.2) is 43.2 Å². The summed E-state index contributed by atoms with van der Waals surface area (Å²) >= 11 is 0. The molecule has 1 atom stereocenters. The van der Waals surface area contributed by atoms with Crippen molar-refractivity contribution in [1.29, 1.82) is 0 Å². The van der Waals surface area contributed by atoms with E-state index in [9.17, 15) is 4.79 Å². The van der Waals surface area contributed by atoms with Crippen LogP contribution in [-0.2, 0) is 9.53 Å². The molecule has 98 valence electrons. The molecule has 2 rings (SSSR count). The Balaban J connectivity index is 1.80. The molecule has 0 aromatic heterocycles. The molecule has 0 spiro atoms. The van der Waals surface area contributed by atoms with Crippen LogP contribution in [0.5, 0.6) is 0 Å². The van der Waals surface area contributed by atoms with Crippen molar-refractivity contribution in [3.05, 3.63) is 0 Å². The smallest absolute Gasteiger partial charge is 0.237 e. The van der Waals surface area contributed by atoms with E-state index in [4.69, 9.17) is 10.5 Å². The monoisotopic (exact) mass is 240 g/mol. The van der Waals surface area contributed by atoms with Gasteiger partial charge in [0.05, 0.1) is 13.2 Å². The van der Waals surface area contributed by atoms with Gasteiger partial charge in [0.15, 0.2) is 0 Å². The molecule has 17 heavy (non-hydrogen) atoms. The molecule has 4 nitrogen and oxygen atoms in total. The van der Waals surface area contributed by atoms with Gasteiger partial charge in [0.25, 0.3) is 0 Å².